The summed E-state index contributed by atoms with van der Waals surface area (Å²) in [5.41, 5.74) is 3.00. The second-order valence-corrected chi connectivity index (χ2v) is 22.1. The molecule has 0 radical (unpaired) electrons. The monoisotopic (exact) mass is 981 g/mol. The van der Waals surface area contributed by atoms with Crippen molar-refractivity contribution in [3.05, 3.63) is 113 Å². The van der Waals surface area contributed by atoms with Gasteiger partial charge in [0.25, 0.3) is 0 Å². The molecule has 0 spiro atoms. The third-order valence-electron chi connectivity index (χ3n) is 11.6. The first kappa shape index (κ1) is 50.8. The van der Waals surface area contributed by atoms with Gasteiger partial charge in [-0.2, -0.15) is 4.31 Å². The minimum absolute atomic E-state index is 0.0249. The summed E-state index contributed by atoms with van der Waals surface area (Å²) in [5, 5.41) is 16.3. The van der Waals surface area contributed by atoms with Gasteiger partial charge in [-0.05, 0) is 142 Å². The molecular weight excluding hydrogens is 919 g/mol. The third kappa shape index (κ3) is 13.2. The normalized spacial score (nSPS) is 15.5. The molecule has 2 aliphatic rings. The highest BCUT2D eigenvalue weighted by Gasteiger charge is 2.38. The lowest BCUT2D eigenvalue weighted by Crippen LogP contribution is -2.52. The van der Waals surface area contributed by atoms with Crippen molar-refractivity contribution in [1.82, 2.24) is 34.7 Å². The van der Waals surface area contributed by atoms with Gasteiger partial charge in [0.2, 0.25) is 10.0 Å². The number of carbonyl (C=O) groups is 2. The van der Waals surface area contributed by atoms with Crippen LogP contribution in [0.4, 0.5) is 9.59 Å². The fraction of sp³-hybridized carbons (Fsp3) is 0.431. The number of tetrazole rings is 1. The predicted molar refractivity (Wildman–Crippen MR) is 265 cm³/mol. The van der Waals surface area contributed by atoms with E-state index in [4.69, 9.17) is 23.7 Å². The van der Waals surface area contributed by atoms with Crippen LogP contribution in [0.5, 0.6) is 17.2 Å². The van der Waals surface area contributed by atoms with Crippen LogP contribution in [-0.4, -0.2) is 107 Å². The molecule has 5 aromatic rings. The molecule has 18 heteroatoms. The highest BCUT2D eigenvalue weighted by Crippen LogP contribution is 2.44. The Kier molecular flexibility index (Phi) is 15.9. The molecule has 1 aliphatic heterocycles. The van der Waals surface area contributed by atoms with Crippen LogP contribution in [0.1, 0.15) is 83.1 Å². The molecule has 0 bridgehead atoms. The molecule has 1 aliphatic carbocycles. The number of amides is 2. The van der Waals surface area contributed by atoms with Crippen LogP contribution >= 0.6 is 11.8 Å². The summed E-state index contributed by atoms with van der Waals surface area (Å²) < 4.78 is 63.1. The number of carbonyl (C=O) groups excluding carboxylic acids is 2. The molecule has 1 saturated heterocycles. The van der Waals surface area contributed by atoms with Gasteiger partial charge in [-0.15, -0.1) is 16.9 Å². The number of rotatable bonds is 17. The van der Waals surface area contributed by atoms with E-state index in [0.29, 0.717) is 71.4 Å². The zero-order valence-electron chi connectivity index (χ0n) is 40.9. The van der Waals surface area contributed by atoms with Gasteiger partial charge in [0.1, 0.15) is 33.3 Å². The first-order chi connectivity index (χ1) is 32.8. The fourth-order valence-electron chi connectivity index (χ4n) is 8.08. The predicted octanol–water partition coefficient (Wildman–Crippen LogP) is 9.22. The van der Waals surface area contributed by atoms with Crippen LogP contribution in [0.3, 0.4) is 0 Å². The average molecular weight is 982 g/mol. The molecule has 1 aromatic heterocycles. The van der Waals surface area contributed by atoms with Crippen molar-refractivity contribution in [3.8, 4) is 28.6 Å². The molecule has 368 valence electrons. The highest BCUT2D eigenvalue weighted by molar-refractivity contribution is 8.00. The van der Waals surface area contributed by atoms with E-state index < -0.39 is 27.3 Å². The quantitative estimate of drug-likeness (QED) is 0.0874. The van der Waals surface area contributed by atoms with Crippen molar-refractivity contribution in [1.29, 1.82) is 0 Å². The van der Waals surface area contributed by atoms with Gasteiger partial charge in [-0.3, -0.25) is 0 Å². The summed E-state index contributed by atoms with van der Waals surface area (Å²) in [6.07, 6.45) is 2.77. The molecule has 2 amide bonds. The topological polar surface area (TPSA) is 177 Å². The summed E-state index contributed by atoms with van der Waals surface area (Å²) >= 11 is 1.43. The maximum atomic E-state index is 16.2. The van der Waals surface area contributed by atoms with E-state index in [0.717, 1.165) is 22.3 Å². The van der Waals surface area contributed by atoms with E-state index in [1.54, 1.807) is 30.9 Å². The van der Waals surface area contributed by atoms with Crippen molar-refractivity contribution < 1.29 is 41.7 Å². The standard InChI is InChI=1S/C51H63N7O9S2/c1-50(2,3)66-48(59)52-39-18-16-38(17-19-39)43-26-27-44(68-33-37-28-56(29-37)49(60)67-51(4,5)6)46(45(43)47-53-54-55-58(47)32-36-14-24-42(65-9)25-15-36)69(61,62)57(30-34-10-20-40(63-7)21-11-34)31-35-12-22-41(64-8)23-13-35/h10-16,20-27,37,39H,17-19,28-33H2,1-9H3,(H,52,59). The Balaban J connectivity index is 1.37. The maximum Gasteiger partial charge on any atom is 0.410 e. The lowest BCUT2D eigenvalue weighted by molar-refractivity contribution is 0.00212. The third-order valence-corrected chi connectivity index (χ3v) is 14.9. The van der Waals surface area contributed by atoms with E-state index in [2.05, 4.69) is 26.9 Å². The zero-order valence-corrected chi connectivity index (χ0v) is 42.5. The molecule has 1 fully saturated rings. The van der Waals surface area contributed by atoms with E-state index in [9.17, 15) is 9.59 Å². The van der Waals surface area contributed by atoms with Gasteiger partial charge in [0.05, 0.1) is 27.9 Å². The van der Waals surface area contributed by atoms with Crippen LogP contribution in [0.2, 0.25) is 0 Å². The summed E-state index contributed by atoms with van der Waals surface area (Å²) in [6, 6.07) is 25.9. The molecule has 4 aromatic carbocycles. The Morgan fingerprint density at radius 1 is 0.768 bits per heavy atom. The number of thioether (sulfide) groups is 1. The maximum absolute atomic E-state index is 16.2. The smallest absolute Gasteiger partial charge is 0.410 e. The van der Waals surface area contributed by atoms with Crippen molar-refractivity contribution in [2.75, 3.05) is 40.2 Å². The van der Waals surface area contributed by atoms with Gasteiger partial charge >= 0.3 is 12.2 Å². The van der Waals surface area contributed by atoms with E-state index in [1.165, 1.54) is 16.1 Å². The molecule has 1 atom stereocenters. The number of benzene rings is 4. The highest BCUT2D eigenvalue weighted by atomic mass is 32.2. The lowest BCUT2D eigenvalue weighted by atomic mass is 9.88. The molecular formula is C51H63N7O9S2. The van der Waals surface area contributed by atoms with Gasteiger partial charge in [-0.1, -0.05) is 48.5 Å². The summed E-state index contributed by atoms with van der Waals surface area (Å²) in [7, 11) is 0.316. The van der Waals surface area contributed by atoms with Crippen LogP contribution in [0.15, 0.2) is 101 Å². The van der Waals surface area contributed by atoms with Crippen LogP contribution in [-0.2, 0) is 39.1 Å². The number of methoxy groups -OCH3 is 3. The van der Waals surface area contributed by atoms with Gasteiger partial charge < -0.3 is 33.9 Å². The summed E-state index contributed by atoms with van der Waals surface area (Å²) in [5.74, 6) is 2.85. The number of nitrogens with zero attached hydrogens (tertiary/aromatic N) is 6. The lowest BCUT2D eigenvalue weighted by Gasteiger charge is -2.39. The minimum Gasteiger partial charge on any atom is -0.497 e. The number of hydrogen-bond donors (Lipinski definition) is 1. The number of hydrogen-bond acceptors (Lipinski definition) is 13. The number of aromatic nitrogens is 4. The summed E-state index contributed by atoms with van der Waals surface area (Å²) in [6.45, 7) is 12.2. The van der Waals surface area contributed by atoms with Crippen LogP contribution < -0.4 is 19.5 Å². The molecule has 1 unspecified atom stereocenters. The number of likely N-dealkylation sites (tertiary alicyclic amines) is 1. The Morgan fingerprint density at radius 2 is 1.32 bits per heavy atom. The second kappa shape index (κ2) is 21.7. The number of allylic oxidation sites excluding steroid dienone is 1. The minimum atomic E-state index is -4.46. The number of ether oxygens (including phenoxy) is 5. The van der Waals surface area contributed by atoms with Crippen molar-refractivity contribution in [3.63, 3.8) is 0 Å². The first-order valence-corrected chi connectivity index (χ1v) is 25.4. The number of sulfonamides is 1. The molecule has 7 rings (SSSR count). The zero-order chi connectivity index (χ0) is 49.5. The van der Waals surface area contributed by atoms with Crippen LogP contribution in [0, 0.1) is 5.92 Å². The van der Waals surface area contributed by atoms with Crippen molar-refractivity contribution in [2.24, 2.45) is 5.92 Å². The number of alkyl carbamates (subject to hydrolysis) is 1. The second-order valence-electron chi connectivity index (χ2n) is 19.2. The van der Waals surface area contributed by atoms with Crippen molar-refractivity contribution >= 4 is 39.5 Å². The Morgan fingerprint density at radius 3 is 1.83 bits per heavy atom. The van der Waals surface area contributed by atoms with E-state index >= 15 is 8.42 Å². The number of nitrogens with one attached hydrogen (secondary N) is 1. The fourth-order valence-corrected chi connectivity index (χ4v) is 11.3. The Labute approximate surface area is 409 Å². The summed E-state index contributed by atoms with van der Waals surface area (Å²) in [4.78, 5) is 28.0. The molecule has 1 N–H and O–H groups in total. The SMILES string of the molecule is COc1ccc(CN(Cc2ccc(OC)cc2)S(=O)(=O)c2c(SCC3CN(C(=O)OC(C)(C)C)C3)ccc(C3=CCC(NC(=O)OC(C)(C)C)CC3)c2-c2nnnn2Cc2ccc(OC)cc2)cc1. The molecule has 0 saturated carbocycles. The Bertz CT molecular complexity index is 2660. The first-order valence-electron chi connectivity index (χ1n) is 22.9. The Hall–Kier alpha value is -6.11. The molecule has 2 heterocycles. The van der Waals surface area contributed by atoms with Gasteiger partial charge in [-0.25, -0.2) is 22.7 Å². The van der Waals surface area contributed by atoms with Crippen molar-refractivity contribution in [2.45, 2.75) is 107 Å². The molecule has 16 nitrogen and oxygen atoms in total. The molecule has 69 heavy (non-hydrogen) atoms. The largest absolute Gasteiger partial charge is 0.497 e. The van der Waals surface area contributed by atoms with Crippen LogP contribution in [0.25, 0.3) is 17.0 Å². The van der Waals surface area contributed by atoms with Gasteiger partial charge in [0, 0.05) is 54.4 Å². The van der Waals surface area contributed by atoms with E-state index in [1.807, 2.05) is 126 Å². The average Bonchev–Trinajstić information content (AvgIpc) is 3.75. The van der Waals surface area contributed by atoms with E-state index in [-0.39, 0.29) is 48.4 Å². The van der Waals surface area contributed by atoms with Gasteiger partial charge in [0.15, 0.2) is 5.82 Å².